The molecule has 0 heterocycles. The van der Waals surface area contributed by atoms with Gasteiger partial charge in [-0.05, 0) is 24.5 Å². The van der Waals surface area contributed by atoms with Crippen LogP contribution in [0.2, 0.25) is 0 Å². The van der Waals surface area contributed by atoms with Crippen LogP contribution in [-0.4, -0.2) is 17.3 Å². The van der Waals surface area contributed by atoms with E-state index in [2.05, 4.69) is 6.92 Å². The lowest BCUT2D eigenvalue weighted by Crippen LogP contribution is -2.15. The van der Waals surface area contributed by atoms with E-state index in [9.17, 15) is 4.79 Å². The van der Waals surface area contributed by atoms with Gasteiger partial charge in [-0.25, -0.2) is 0 Å². The molecule has 0 amide bonds. The molecule has 1 nitrogen and oxygen atoms in total. The minimum absolute atomic E-state index is 0.620. The van der Waals surface area contributed by atoms with Crippen LogP contribution >= 0.6 is 11.8 Å². The van der Waals surface area contributed by atoms with Crippen molar-refractivity contribution in [1.29, 1.82) is 0 Å². The van der Waals surface area contributed by atoms with E-state index >= 15 is 0 Å². The zero-order chi connectivity index (χ0) is 10.8. The molecule has 1 unspecified atom stereocenters. The molecule has 2 heteroatoms. The number of rotatable bonds is 5. The lowest BCUT2D eigenvalue weighted by molar-refractivity contribution is -0.108. The second-order valence-electron chi connectivity index (χ2n) is 3.44. The first-order valence-electron chi connectivity index (χ1n) is 5.93. The van der Waals surface area contributed by atoms with Gasteiger partial charge in [0.2, 0.25) is 0 Å². The summed E-state index contributed by atoms with van der Waals surface area (Å²) < 4.78 is 0. The number of aldehydes is 1. The summed E-state index contributed by atoms with van der Waals surface area (Å²) in [6.07, 6.45) is 7.32. The Balaban J connectivity index is 0.000000791. The van der Waals surface area contributed by atoms with Crippen molar-refractivity contribution in [3.8, 4) is 0 Å². The minimum atomic E-state index is 0.620. The van der Waals surface area contributed by atoms with Crippen LogP contribution in [-0.2, 0) is 4.79 Å². The number of thioether (sulfide) groups is 1. The zero-order valence-electron chi connectivity index (χ0n) is 9.79. The van der Waals surface area contributed by atoms with Crippen LogP contribution in [0.4, 0.5) is 0 Å². The maximum atomic E-state index is 10.4. The first kappa shape index (κ1) is 14.0. The van der Waals surface area contributed by atoms with Crippen molar-refractivity contribution in [1.82, 2.24) is 0 Å². The number of hydrogen-bond donors (Lipinski definition) is 0. The van der Waals surface area contributed by atoms with Gasteiger partial charge in [0.1, 0.15) is 6.29 Å². The molecule has 0 bridgehead atoms. The van der Waals surface area contributed by atoms with Crippen LogP contribution in [0.1, 0.15) is 52.9 Å². The standard InChI is InChI=1S/C10H18OS.C2H6/c1-2-12-10(7-8-11)9-5-3-4-6-9;1-2/h8-10H,2-7H2,1H3;1-2H3. The quantitative estimate of drug-likeness (QED) is 0.648. The first-order valence-corrected chi connectivity index (χ1v) is 6.98. The van der Waals surface area contributed by atoms with Crippen molar-refractivity contribution >= 4 is 18.0 Å². The average Bonchev–Trinajstić information content (AvgIpc) is 2.73. The van der Waals surface area contributed by atoms with Gasteiger partial charge in [0.25, 0.3) is 0 Å². The molecule has 0 aromatic carbocycles. The zero-order valence-corrected chi connectivity index (χ0v) is 10.6. The van der Waals surface area contributed by atoms with Gasteiger partial charge in [-0.15, -0.1) is 0 Å². The summed E-state index contributed by atoms with van der Waals surface area (Å²) in [6.45, 7) is 6.18. The van der Waals surface area contributed by atoms with Crippen LogP contribution in [0.15, 0.2) is 0 Å². The van der Waals surface area contributed by atoms with Gasteiger partial charge in [0.15, 0.2) is 0 Å². The van der Waals surface area contributed by atoms with Crippen LogP contribution in [0, 0.1) is 5.92 Å². The highest BCUT2D eigenvalue weighted by molar-refractivity contribution is 7.99. The van der Waals surface area contributed by atoms with Gasteiger partial charge < -0.3 is 4.79 Å². The van der Waals surface area contributed by atoms with Gasteiger partial charge in [-0.3, -0.25) is 0 Å². The summed E-state index contributed by atoms with van der Waals surface area (Å²) in [7, 11) is 0. The van der Waals surface area contributed by atoms with Crippen molar-refractivity contribution in [2.45, 2.75) is 58.1 Å². The predicted molar refractivity (Wildman–Crippen MR) is 65.9 cm³/mol. The summed E-state index contributed by atoms with van der Waals surface area (Å²) in [5.41, 5.74) is 0. The second-order valence-corrected chi connectivity index (χ2v) is 4.96. The Hall–Kier alpha value is 0.0200. The molecule has 0 spiro atoms. The Bertz CT molecular complexity index is 130. The highest BCUT2D eigenvalue weighted by Crippen LogP contribution is 2.34. The summed E-state index contributed by atoms with van der Waals surface area (Å²) in [6, 6.07) is 0. The number of hydrogen-bond acceptors (Lipinski definition) is 2. The lowest BCUT2D eigenvalue weighted by atomic mass is 10.0. The van der Waals surface area contributed by atoms with Crippen LogP contribution < -0.4 is 0 Å². The fraction of sp³-hybridized carbons (Fsp3) is 0.917. The monoisotopic (exact) mass is 216 g/mol. The molecule has 14 heavy (non-hydrogen) atoms. The lowest BCUT2D eigenvalue weighted by Gasteiger charge is -2.19. The summed E-state index contributed by atoms with van der Waals surface area (Å²) in [5.74, 6) is 1.98. The summed E-state index contributed by atoms with van der Waals surface area (Å²) in [5, 5.41) is 0.620. The largest absolute Gasteiger partial charge is 0.303 e. The van der Waals surface area contributed by atoms with E-state index in [1.165, 1.54) is 25.7 Å². The molecule has 1 saturated carbocycles. The molecule has 1 fully saturated rings. The molecular formula is C12H24OS. The molecular weight excluding hydrogens is 192 g/mol. The maximum absolute atomic E-state index is 10.4. The van der Waals surface area contributed by atoms with Crippen LogP contribution in [0.3, 0.4) is 0 Å². The van der Waals surface area contributed by atoms with Gasteiger partial charge in [-0.1, -0.05) is 33.6 Å². The Morgan fingerprint density at radius 3 is 2.36 bits per heavy atom. The van der Waals surface area contributed by atoms with Crippen LogP contribution in [0.25, 0.3) is 0 Å². The fourth-order valence-corrected chi connectivity index (χ4v) is 3.22. The average molecular weight is 216 g/mol. The third kappa shape index (κ3) is 5.04. The molecule has 0 aliphatic heterocycles. The predicted octanol–water partition coefficient (Wildman–Crippen LogP) is 3.91. The second kappa shape index (κ2) is 9.57. The molecule has 1 rings (SSSR count). The van der Waals surface area contributed by atoms with E-state index in [1.807, 2.05) is 25.6 Å². The topological polar surface area (TPSA) is 17.1 Å². The molecule has 1 aliphatic carbocycles. The fourth-order valence-electron chi connectivity index (χ4n) is 2.03. The van der Waals surface area contributed by atoms with E-state index in [-0.39, 0.29) is 0 Å². The third-order valence-corrected chi connectivity index (χ3v) is 3.97. The highest BCUT2D eigenvalue weighted by Gasteiger charge is 2.24. The Morgan fingerprint density at radius 2 is 1.93 bits per heavy atom. The maximum Gasteiger partial charge on any atom is 0.121 e. The smallest absolute Gasteiger partial charge is 0.121 e. The summed E-state index contributed by atoms with van der Waals surface area (Å²) in [4.78, 5) is 10.4. The molecule has 84 valence electrons. The Kier molecular flexibility index (Phi) is 9.58. The first-order chi connectivity index (χ1) is 6.88. The Morgan fingerprint density at radius 1 is 1.36 bits per heavy atom. The molecule has 1 atom stereocenters. The molecule has 0 radical (unpaired) electrons. The SMILES string of the molecule is CC.CCSC(CC=O)C1CCCC1. The van der Waals surface area contributed by atoms with E-state index in [0.29, 0.717) is 5.25 Å². The van der Waals surface area contributed by atoms with Crippen LogP contribution in [0.5, 0.6) is 0 Å². The highest BCUT2D eigenvalue weighted by atomic mass is 32.2. The van der Waals surface area contributed by atoms with E-state index < -0.39 is 0 Å². The van der Waals surface area contributed by atoms with E-state index in [4.69, 9.17) is 0 Å². The van der Waals surface area contributed by atoms with Crippen molar-refractivity contribution in [2.75, 3.05) is 5.75 Å². The number of carbonyl (C=O) groups excluding carboxylic acids is 1. The Labute approximate surface area is 93.0 Å². The molecule has 1 aliphatic rings. The molecule has 0 N–H and O–H groups in total. The van der Waals surface area contributed by atoms with Gasteiger partial charge in [-0.2, -0.15) is 11.8 Å². The van der Waals surface area contributed by atoms with Crippen molar-refractivity contribution < 1.29 is 4.79 Å². The molecule has 0 aromatic heterocycles. The van der Waals surface area contributed by atoms with Gasteiger partial charge in [0.05, 0.1) is 0 Å². The van der Waals surface area contributed by atoms with Gasteiger partial charge in [0, 0.05) is 11.7 Å². The third-order valence-electron chi connectivity index (χ3n) is 2.63. The minimum Gasteiger partial charge on any atom is -0.303 e. The van der Waals surface area contributed by atoms with Crippen molar-refractivity contribution in [3.05, 3.63) is 0 Å². The number of carbonyl (C=O) groups is 1. The van der Waals surface area contributed by atoms with Gasteiger partial charge >= 0.3 is 0 Å². The van der Waals surface area contributed by atoms with E-state index in [0.717, 1.165) is 24.4 Å². The van der Waals surface area contributed by atoms with Crippen molar-refractivity contribution in [2.24, 2.45) is 5.92 Å². The van der Waals surface area contributed by atoms with E-state index in [1.54, 1.807) is 0 Å². The molecule has 0 aromatic rings. The normalized spacial score (nSPS) is 18.5. The van der Waals surface area contributed by atoms with Crippen molar-refractivity contribution in [3.63, 3.8) is 0 Å². The summed E-state index contributed by atoms with van der Waals surface area (Å²) >= 11 is 1.97. The molecule has 0 saturated heterocycles.